The smallest absolute Gasteiger partial charge is 0.166 e. The number of benzene rings is 2. The van der Waals surface area contributed by atoms with E-state index in [-0.39, 0.29) is 5.75 Å². The minimum absolute atomic E-state index is 0.149. The number of aliphatic hydroxyl groups excluding tert-OH is 1. The summed E-state index contributed by atoms with van der Waals surface area (Å²) in [6.45, 7) is 5.50. The molecule has 0 heterocycles. The number of rotatable bonds is 3. The van der Waals surface area contributed by atoms with Gasteiger partial charge in [-0.05, 0) is 61.7 Å². The molecule has 0 aromatic heterocycles. The largest absolute Gasteiger partial charge is 0.454 e. The molecule has 106 valence electrons. The molecule has 0 aliphatic carbocycles. The van der Waals surface area contributed by atoms with Crippen molar-refractivity contribution in [2.45, 2.75) is 26.9 Å². The van der Waals surface area contributed by atoms with Gasteiger partial charge < -0.3 is 9.84 Å². The summed E-state index contributed by atoms with van der Waals surface area (Å²) in [7, 11) is 0. The average molecular weight is 339 g/mol. The van der Waals surface area contributed by atoms with E-state index in [9.17, 15) is 9.50 Å². The minimum Gasteiger partial charge on any atom is -0.454 e. The van der Waals surface area contributed by atoms with Crippen molar-refractivity contribution in [1.29, 1.82) is 0 Å². The van der Waals surface area contributed by atoms with Crippen molar-refractivity contribution in [1.82, 2.24) is 0 Å². The first kappa shape index (κ1) is 15.0. The molecule has 2 rings (SSSR count). The lowest BCUT2D eigenvalue weighted by molar-refractivity contribution is 0.198. The highest BCUT2D eigenvalue weighted by molar-refractivity contribution is 9.10. The molecule has 2 aromatic carbocycles. The van der Waals surface area contributed by atoms with Gasteiger partial charge in [-0.25, -0.2) is 4.39 Å². The number of aryl methyl sites for hydroxylation is 2. The van der Waals surface area contributed by atoms with Crippen LogP contribution in [0.25, 0.3) is 0 Å². The Bertz CT molecular complexity index is 615. The second kappa shape index (κ2) is 5.94. The number of ether oxygens (including phenoxy) is 1. The van der Waals surface area contributed by atoms with Gasteiger partial charge in [0.1, 0.15) is 5.75 Å². The van der Waals surface area contributed by atoms with Gasteiger partial charge in [-0.1, -0.05) is 22.0 Å². The van der Waals surface area contributed by atoms with Crippen molar-refractivity contribution in [3.63, 3.8) is 0 Å². The van der Waals surface area contributed by atoms with Crippen molar-refractivity contribution >= 4 is 15.9 Å². The zero-order chi connectivity index (χ0) is 14.9. The maximum absolute atomic E-state index is 13.9. The fraction of sp³-hybridized carbons (Fsp3) is 0.250. The minimum atomic E-state index is -0.698. The molecule has 0 saturated heterocycles. The Hall–Kier alpha value is -1.39. The average Bonchev–Trinajstić information content (AvgIpc) is 2.38. The first-order chi connectivity index (χ1) is 9.38. The number of hydrogen-bond acceptors (Lipinski definition) is 2. The molecule has 4 heteroatoms. The summed E-state index contributed by atoms with van der Waals surface area (Å²) >= 11 is 3.48. The van der Waals surface area contributed by atoms with Crippen LogP contribution in [-0.2, 0) is 0 Å². The lowest BCUT2D eigenvalue weighted by atomic mass is 10.1. The van der Waals surface area contributed by atoms with Crippen LogP contribution in [0.4, 0.5) is 4.39 Å². The summed E-state index contributed by atoms with van der Waals surface area (Å²) in [5.74, 6) is 0.254. The van der Waals surface area contributed by atoms with E-state index in [2.05, 4.69) is 15.9 Å². The van der Waals surface area contributed by atoms with Gasteiger partial charge >= 0.3 is 0 Å². The third kappa shape index (κ3) is 3.19. The van der Waals surface area contributed by atoms with Gasteiger partial charge in [0, 0.05) is 4.47 Å². The molecule has 0 radical (unpaired) electrons. The van der Waals surface area contributed by atoms with Gasteiger partial charge in [0.2, 0.25) is 0 Å². The Kier molecular flexibility index (Phi) is 4.45. The Morgan fingerprint density at radius 3 is 2.25 bits per heavy atom. The highest BCUT2D eigenvalue weighted by Crippen LogP contribution is 2.31. The van der Waals surface area contributed by atoms with E-state index < -0.39 is 11.9 Å². The van der Waals surface area contributed by atoms with Crippen molar-refractivity contribution < 1.29 is 14.2 Å². The molecule has 0 bridgehead atoms. The molecule has 1 N–H and O–H groups in total. The predicted molar refractivity (Wildman–Crippen MR) is 80.7 cm³/mol. The van der Waals surface area contributed by atoms with Crippen LogP contribution in [0.15, 0.2) is 34.8 Å². The molecule has 0 amide bonds. The Morgan fingerprint density at radius 1 is 1.15 bits per heavy atom. The summed E-state index contributed by atoms with van der Waals surface area (Å²) in [5.41, 5.74) is 2.58. The van der Waals surface area contributed by atoms with E-state index >= 15 is 0 Å². The molecule has 20 heavy (non-hydrogen) atoms. The Labute approximate surface area is 126 Å². The van der Waals surface area contributed by atoms with E-state index in [0.29, 0.717) is 11.3 Å². The second-order valence-corrected chi connectivity index (χ2v) is 5.63. The summed E-state index contributed by atoms with van der Waals surface area (Å²) in [6.07, 6.45) is -0.698. The Balaban J connectivity index is 2.31. The highest BCUT2D eigenvalue weighted by Gasteiger charge is 2.10. The van der Waals surface area contributed by atoms with Crippen LogP contribution in [0.5, 0.6) is 11.5 Å². The fourth-order valence-electron chi connectivity index (χ4n) is 1.95. The van der Waals surface area contributed by atoms with Crippen LogP contribution in [0.1, 0.15) is 29.7 Å². The molecule has 0 aliphatic rings. The van der Waals surface area contributed by atoms with Crippen molar-refractivity contribution in [2.75, 3.05) is 0 Å². The van der Waals surface area contributed by atoms with Crippen LogP contribution in [0.2, 0.25) is 0 Å². The van der Waals surface area contributed by atoms with Crippen LogP contribution >= 0.6 is 15.9 Å². The monoisotopic (exact) mass is 338 g/mol. The second-order valence-electron chi connectivity index (χ2n) is 4.84. The number of hydrogen-bond donors (Lipinski definition) is 1. The third-order valence-corrected chi connectivity index (χ3v) is 4.33. The molecule has 0 unspecified atom stereocenters. The van der Waals surface area contributed by atoms with Crippen molar-refractivity contribution in [3.8, 4) is 11.5 Å². The highest BCUT2D eigenvalue weighted by atomic mass is 79.9. The molecule has 1 atom stereocenters. The predicted octanol–water partition coefficient (Wildman–Crippen LogP) is 5.05. The molecular formula is C16H16BrFO2. The quantitative estimate of drug-likeness (QED) is 0.848. The molecule has 2 aromatic rings. The van der Waals surface area contributed by atoms with E-state index in [0.717, 1.165) is 15.6 Å². The lowest BCUT2D eigenvalue weighted by Crippen LogP contribution is -1.95. The van der Waals surface area contributed by atoms with Gasteiger partial charge in [0.25, 0.3) is 0 Å². The molecule has 0 aliphatic heterocycles. The maximum Gasteiger partial charge on any atom is 0.166 e. The summed E-state index contributed by atoms with van der Waals surface area (Å²) in [5, 5.41) is 9.42. The third-order valence-electron chi connectivity index (χ3n) is 3.08. The van der Waals surface area contributed by atoms with Crippen molar-refractivity contribution in [2.24, 2.45) is 0 Å². The van der Waals surface area contributed by atoms with Gasteiger partial charge in [-0.3, -0.25) is 0 Å². The Morgan fingerprint density at radius 2 is 1.75 bits per heavy atom. The number of aliphatic hydroxyl groups is 1. The zero-order valence-corrected chi connectivity index (χ0v) is 13.2. The van der Waals surface area contributed by atoms with Gasteiger partial charge in [-0.2, -0.15) is 0 Å². The topological polar surface area (TPSA) is 29.5 Å². The van der Waals surface area contributed by atoms with Crippen LogP contribution in [-0.4, -0.2) is 5.11 Å². The number of halogens is 2. The molecule has 0 fully saturated rings. The van der Waals surface area contributed by atoms with Gasteiger partial charge in [0.05, 0.1) is 6.10 Å². The van der Waals surface area contributed by atoms with Gasteiger partial charge in [-0.15, -0.1) is 0 Å². The maximum atomic E-state index is 13.9. The van der Waals surface area contributed by atoms with Crippen LogP contribution in [0.3, 0.4) is 0 Å². The normalized spacial score (nSPS) is 12.3. The zero-order valence-electron chi connectivity index (χ0n) is 11.6. The van der Waals surface area contributed by atoms with E-state index in [1.54, 1.807) is 13.0 Å². The SMILES string of the molecule is Cc1cc(Oc2ccc([C@@H](C)O)cc2F)cc(C)c1Br. The summed E-state index contributed by atoms with van der Waals surface area (Å²) in [6, 6.07) is 8.17. The molecule has 2 nitrogen and oxygen atoms in total. The first-order valence-corrected chi connectivity index (χ1v) is 7.10. The lowest BCUT2D eigenvalue weighted by Gasteiger charge is -2.12. The molecule has 0 saturated carbocycles. The summed E-state index contributed by atoms with van der Waals surface area (Å²) in [4.78, 5) is 0. The van der Waals surface area contributed by atoms with Crippen LogP contribution < -0.4 is 4.74 Å². The van der Waals surface area contributed by atoms with E-state index in [4.69, 9.17) is 4.74 Å². The molecule has 0 spiro atoms. The van der Waals surface area contributed by atoms with E-state index in [1.807, 2.05) is 26.0 Å². The first-order valence-electron chi connectivity index (χ1n) is 6.30. The molecular weight excluding hydrogens is 323 g/mol. The fourth-order valence-corrected chi connectivity index (χ4v) is 2.18. The van der Waals surface area contributed by atoms with E-state index in [1.165, 1.54) is 12.1 Å². The van der Waals surface area contributed by atoms with Crippen molar-refractivity contribution in [3.05, 3.63) is 57.3 Å². The van der Waals surface area contributed by atoms with Gasteiger partial charge in [0.15, 0.2) is 11.6 Å². The standard InChI is InChI=1S/C16H16BrFO2/c1-9-6-13(7-10(2)16(9)17)20-15-5-4-12(11(3)19)8-14(15)18/h4-8,11,19H,1-3H3/t11-/m1/s1. The summed E-state index contributed by atoms with van der Waals surface area (Å²) < 4.78 is 20.5. The van der Waals surface area contributed by atoms with Crippen LogP contribution in [0, 0.1) is 19.7 Å².